The van der Waals surface area contributed by atoms with Gasteiger partial charge in [0.25, 0.3) is 0 Å². The number of rotatable bonds is 4. The average Bonchev–Trinajstić information content (AvgIpc) is 3.07. The Bertz CT molecular complexity index is 1050. The van der Waals surface area contributed by atoms with Crippen molar-refractivity contribution in [3.63, 3.8) is 0 Å². The summed E-state index contributed by atoms with van der Waals surface area (Å²) in [7, 11) is 0. The van der Waals surface area contributed by atoms with Gasteiger partial charge in [0.15, 0.2) is 0 Å². The molecule has 0 N–H and O–H groups in total. The zero-order valence-corrected chi connectivity index (χ0v) is 14.6. The molecule has 3 aromatic carbocycles. The van der Waals surface area contributed by atoms with E-state index in [0.29, 0.717) is 5.75 Å². The molecule has 0 radical (unpaired) electrons. The Hall–Kier alpha value is -3.33. The first-order valence-corrected chi connectivity index (χ1v) is 8.61. The topological polar surface area (TPSA) is 31.2 Å². The summed E-state index contributed by atoms with van der Waals surface area (Å²) in [6, 6.07) is 26.8. The van der Waals surface area contributed by atoms with E-state index in [9.17, 15) is 4.79 Å². The lowest BCUT2D eigenvalue weighted by molar-refractivity contribution is -0.131. The van der Waals surface area contributed by atoms with Gasteiger partial charge < -0.3 is 9.30 Å². The third kappa shape index (κ3) is 3.24. The third-order valence-electron chi connectivity index (χ3n) is 4.44. The number of hydrogen-bond donors (Lipinski definition) is 0. The van der Waals surface area contributed by atoms with Crippen molar-refractivity contribution in [2.45, 2.75) is 13.5 Å². The van der Waals surface area contributed by atoms with E-state index in [4.69, 9.17) is 4.74 Å². The molecule has 0 amide bonds. The van der Waals surface area contributed by atoms with Gasteiger partial charge in [-0.05, 0) is 34.9 Å². The molecular formula is C23H19NO2. The first-order chi connectivity index (χ1) is 12.7. The highest BCUT2D eigenvalue weighted by Gasteiger charge is 2.08. The van der Waals surface area contributed by atoms with E-state index in [1.807, 2.05) is 36.5 Å². The summed E-state index contributed by atoms with van der Waals surface area (Å²) in [5.41, 5.74) is 4.70. The summed E-state index contributed by atoms with van der Waals surface area (Å²) in [5, 5.41) is 0.948. The monoisotopic (exact) mass is 341 g/mol. The van der Waals surface area contributed by atoms with Gasteiger partial charge >= 0.3 is 5.97 Å². The Balaban J connectivity index is 1.60. The first-order valence-electron chi connectivity index (χ1n) is 8.61. The van der Waals surface area contributed by atoms with E-state index in [2.05, 4.69) is 53.1 Å². The molecule has 0 atom stereocenters. The maximum absolute atomic E-state index is 11.3. The Morgan fingerprint density at radius 2 is 1.58 bits per heavy atom. The minimum absolute atomic E-state index is 0.304. The van der Waals surface area contributed by atoms with Crippen LogP contribution in [0.3, 0.4) is 0 Å². The van der Waals surface area contributed by atoms with Crippen LogP contribution in [-0.4, -0.2) is 10.5 Å². The highest BCUT2D eigenvalue weighted by molar-refractivity contribution is 5.88. The zero-order valence-electron chi connectivity index (χ0n) is 14.6. The van der Waals surface area contributed by atoms with Crippen LogP contribution < -0.4 is 4.74 Å². The second-order valence-electron chi connectivity index (χ2n) is 6.29. The standard InChI is InChI=1S/C23H19NO2/c1-17(25)26-23-9-5-8-22-21(23)14-15-24(22)16-18-10-12-20(13-11-18)19-6-3-2-4-7-19/h2-15H,16H2,1H3. The molecule has 0 aliphatic rings. The lowest BCUT2D eigenvalue weighted by Gasteiger charge is -2.08. The Morgan fingerprint density at radius 3 is 2.31 bits per heavy atom. The molecule has 0 fully saturated rings. The lowest BCUT2D eigenvalue weighted by atomic mass is 10.0. The normalized spacial score (nSPS) is 10.8. The molecule has 26 heavy (non-hydrogen) atoms. The van der Waals surface area contributed by atoms with Gasteiger partial charge in [-0.3, -0.25) is 4.79 Å². The number of carbonyl (C=O) groups is 1. The fourth-order valence-electron chi connectivity index (χ4n) is 3.21. The van der Waals surface area contributed by atoms with Crippen LogP contribution in [0.5, 0.6) is 5.75 Å². The van der Waals surface area contributed by atoms with Gasteiger partial charge in [-0.25, -0.2) is 0 Å². The van der Waals surface area contributed by atoms with E-state index >= 15 is 0 Å². The zero-order chi connectivity index (χ0) is 17.9. The molecule has 3 heteroatoms. The SMILES string of the molecule is CC(=O)Oc1cccc2c1ccn2Cc1ccc(-c2ccccc2)cc1. The van der Waals surface area contributed by atoms with Crippen LogP contribution in [0.4, 0.5) is 0 Å². The van der Waals surface area contributed by atoms with Crippen LogP contribution in [0.1, 0.15) is 12.5 Å². The van der Waals surface area contributed by atoms with E-state index in [1.165, 1.54) is 23.6 Å². The Morgan fingerprint density at radius 1 is 0.846 bits per heavy atom. The summed E-state index contributed by atoms with van der Waals surface area (Å²) in [5.74, 6) is 0.301. The number of ether oxygens (including phenoxy) is 1. The number of fused-ring (bicyclic) bond motifs is 1. The van der Waals surface area contributed by atoms with Crippen LogP contribution in [-0.2, 0) is 11.3 Å². The predicted molar refractivity (Wildman–Crippen MR) is 104 cm³/mol. The minimum atomic E-state index is -0.304. The maximum Gasteiger partial charge on any atom is 0.308 e. The number of hydrogen-bond acceptors (Lipinski definition) is 2. The molecule has 0 saturated heterocycles. The number of carbonyl (C=O) groups excluding carboxylic acids is 1. The number of nitrogens with zero attached hydrogens (tertiary/aromatic N) is 1. The van der Waals surface area contributed by atoms with Crippen molar-refractivity contribution in [2.75, 3.05) is 0 Å². The largest absolute Gasteiger partial charge is 0.426 e. The Labute approximate surface area is 152 Å². The van der Waals surface area contributed by atoms with E-state index in [-0.39, 0.29) is 5.97 Å². The molecule has 4 rings (SSSR count). The van der Waals surface area contributed by atoms with Gasteiger partial charge in [-0.2, -0.15) is 0 Å². The molecule has 0 aliphatic heterocycles. The highest BCUT2D eigenvalue weighted by Crippen LogP contribution is 2.27. The van der Waals surface area contributed by atoms with E-state index in [1.54, 1.807) is 0 Å². The third-order valence-corrected chi connectivity index (χ3v) is 4.44. The second kappa shape index (κ2) is 6.89. The van der Waals surface area contributed by atoms with Crippen molar-refractivity contribution in [3.05, 3.63) is 90.6 Å². The van der Waals surface area contributed by atoms with Gasteiger partial charge in [0.05, 0.1) is 5.52 Å². The number of benzene rings is 3. The second-order valence-corrected chi connectivity index (χ2v) is 6.29. The number of aromatic nitrogens is 1. The van der Waals surface area contributed by atoms with Gasteiger partial charge in [0.1, 0.15) is 5.75 Å². The first kappa shape index (κ1) is 16.2. The summed E-state index contributed by atoms with van der Waals surface area (Å²) in [6.07, 6.45) is 2.03. The molecule has 0 aliphatic carbocycles. The van der Waals surface area contributed by atoms with Crippen LogP contribution in [0.2, 0.25) is 0 Å². The Kier molecular flexibility index (Phi) is 4.28. The van der Waals surface area contributed by atoms with Crippen LogP contribution >= 0.6 is 0 Å². The van der Waals surface area contributed by atoms with Crippen LogP contribution in [0, 0.1) is 0 Å². The molecule has 4 aromatic rings. The molecule has 128 valence electrons. The van der Waals surface area contributed by atoms with Gasteiger partial charge in [0, 0.05) is 25.1 Å². The van der Waals surface area contributed by atoms with Crippen molar-refractivity contribution in [1.29, 1.82) is 0 Å². The summed E-state index contributed by atoms with van der Waals surface area (Å²) >= 11 is 0. The highest BCUT2D eigenvalue weighted by atomic mass is 16.5. The van der Waals surface area contributed by atoms with E-state index < -0.39 is 0 Å². The van der Waals surface area contributed by atoms with E-state index in [0.717, 1.165) is 17.4 Å². The molecule has 1 aromatic heterocycles. The van der Waals surface area contributed by atoms with Crippen molar-refractivity contribution in [1.82, 2.24) is 4.57 Å². The summed E-state index contributed by atoms with van der Waals surface area (Å²) < 4.78 is 7.47. The van der Waals surface area contributed by atoms with Gasteiger partial charge in [-0.1, -0.05) is 60.7 Å². The predicted octanol–water partition coefficient (Wildman–Crippen LogP) is 5.28. The van der Waals surface area contributed by atoms with Gasteiger partial charge in [-0.15, -0.1) is 0 Å². The average molecular weight is 341 g/mol. The van der Waals surface area contributed by atoms with Gasteiger partial charge in [0.2, 0.25) is 0 Å². The number of esters is 1. The smallest absolute Gasteiger partial charge is 0.308 e. The quantitative estimate of drug-likeness (QED) is 0.373. The fraction of sp³-hybridized carbons (Fsp3) is 0.0870. The molecule has 0 bridgehead atoms. The molecular weight excluding hydrogens is 322 g/mol. The lowest BCUT2D eigenvalue weighted by Crippen LogP contribution is -2.02. The van der Waals surface area contributed by atoms with Crippen molar-refractivity contribution < 1.29 is 9.53 Å². The van der Waals surface area contributed by atoms with Crippen molar-refractivity contribution >= 4 is 16.9 Å². The van der Waals surface area contributed by atoms with Crippen molar-refractivity contribution in [3.8, 4) is 16.9 Å². The summed E-state index contributed by atoms with van der Waals surface area (Å²) in [6.45, 7) is 2.19. The molecule has 0 spiro atoms. The maximum atomic E-state index is 11.3. The molecule has 1 heterocycles. The fourth-order valence-corrected chi connectivity index (χ4v) is 3.21. The molecule has 3 nitrogen and oxygen atoms in total. The van der Waals surface area contributed by atoms with Crippen LogP contribution in [0.25, 0.3) is 22.0 Å². The minimum Gasteiger partial charge on any atom is -0.426 e. The summed E-state index contributed by atoms with van der Waals surface area (Å²) in [4.78, 5) is 11.3. The molecule has 0 saturated carbocycles. The molecule has 0 unspecified atom stereocenters. The van der Waals surface area contributed by atoms with Crippen LogP contribution in [0.15, 0.2) is 85.1 Å². The van der Waals surface area contributed by atoms with Crippen molar-refractivity contribution in [2.24, 2.45) is 0 Å².